The lowest BCUT2D eigenvalue weighted by atomic mass is 10.00. The van der Waals surface area contributed by atoms with Crippen LogP contribution in [0, 0.1) is 20.8 Å². The van der Waals surface area contributed by atoms with Crippen molar-refractivity contribution in [1.82, 2.24) is 9.97 Å². The average Bonchev–Trinajstić information content (AvgIpc) is 3.18. The molecule has 1 unspecified atom stereocenters. The number of aliphatic imine (C=N–C) groups is 1. The van der Waals surface area contributed by atoms with Crippen LogP contribution in [0.15, 0.2) is 33.7 Å². The third kappa shape index (κ3) is 4.61. The van der Waals surface area contributed by atoms with E-state index in [9.17, 15) is 0 Å². The lowest BCUT2D eigenvalue weighted by Crippen LogP contribution is -2.45. The molecule has 2 aromatic heterocycles. The summed E-state index contributed by atoms with van der Waals surface area (Å²) in [6.07, 6.45) is 3.68. The van der Waals surface area contributed by atoms with E-state index in [1.54, 1.807) is 0 Å². The van der Waals surface area contributed by atoms with E-state index in [0.717, 1.165) is 65.6 Å². The molecule has 9 heteroatoms. The molecule has 35 heavy (non-hydrogen) atoms. The van der Waals surface area contributed by atoms with Crippen LogP contribution in [0.2, 0.25) is 0 Å². The Morgan fingerprint density at radius 1 is 1.17 bits per heavy atom. The molecule has 0 saturated carbocycles. The normalized spacial score (nSPS) is 19.8. The maximum absolute atomic E-state index is 6.89. The van der Waals surface area contributed by atoms with Gasteiger partial charge in [-0.15, -0.1) is 0 Å². The number of nitrogens with two attached hydrogens (primary N) is 1. The van der Waals surface area contributed by atoms with Gasteiger partial charge >= 0.3 is 0 Å². The molecule has 3 aromatic rings. The average molecular weight is 477 g/mol. The highest BCUT2D eigenvalue weighted by Crippen LogP contribution is 2.39. The van der Waals surface area contributed by atoms with E-state index in [1.165, 1.54) is 0 Å². The smallest absolute Gasteiger partial charge is 0.212 e. The summed E-state index contributed by atoms with van der Waals surface area (Å²) in [4.78, 5) is 13.9. The predicted molar refractivity (Wildman–Crippen MR) is 136 cm³/mol. The van der Waals surface area contributed by atoms with Crippen molar-refractivity contribution in [2.24, 2.45) is 10.7 Å². The number of pyridine rings is 1. The number of aromatic nitrogens is 2. The molecule has 2 aliphatic rings. The Bertz CT molecular complexity index is 1260. The molecule has 1 atom stereocenters. The number of hydrogen-bond acceptors (Lipinski definition) is 9. The number of hydrogen-bond donors (Lipinski definition) is 3. The zero-order valence-electron chi connectivity index (χ0n) is 20.6. The molecule has 184 valence electrons. The quantitative estimate of drug-likeness (QED) is 0.483. The molecule has 5 rings (SSSR count). The highest BCUT2D eigenvalue weighted by molar-refractivity contribution is 5.94. The summed E-state index contributed by atoms with van der Waals surface area (Å²) in [6.45, 7) is 9.66. The van der Waals surface area contributed by atoms with Crippen LogP contribution in [0.1, 0.15) is 48.2 Å². The lowest BCUT2D eigenvalue weighted by Gasteiger charge is -2.34. The first-order valence-corrected chi connectivity index (χ1v) is 12.1. The SMILES string of the molecule is CCOc1cc(-c2oc(C)nc2C)ccc1C1(N)N=Cc2cc(C)nc(NC3CCOCC3)c2N1. The predicted octanol–water partition coefficient (Wildman–Crippen LogP) is 4.27. The van der Waals surface area contributed by atoms with Gasteiger partial charge in [-0.05, 0) is 51.8 Å². The number of oxazole rings is 1. The molecular formula is C26H32N6O3. The summed E-state index contributed by atoms with van der Waals surface area (Å²) in [7, 11) is 0. The van der Waals surface area contributed by atoms with Crippen LogP contribution in [-0.2, 0) is 10.5 Å². The molecule has 0 spiro atoms. The molecule has 0 bridgehead atoms. The van der Waals surface area contributed by atoms with E-state index >= 15 is 0 Å². The Balaban J connectivity index is 1.52. The van der Waals surface area contributed by atoms with E-state index in [0.29, 0.717) is 30.0 Å². The van der Waals surface area contributed by atoms with Gasteiger partial charge in [0.2, 0.25) is 5.79 Å². The molecule has 0 aliphatic carbocycles. The first-order valence-electron chi connectivity index (χ1n) is 12.1. The molecule has 9 nitrogen and oxygen atoms in total. The summed E-state index contributed by atoms with van der Waals surface area (Å²) in [5, 5.41) is 7.05. The Hall–Kier alpha value is -3.43. The number of benzene rings is 1. The van der Waals surface area contributed by atoms with Gasteiger partial charge in [-0.25, -0.2) is 15.0 Å². The maximum Gasteiger partial charge on any atom is 0.212 e. The van der Waals surface area contributed by atoms with Crippen LogP contribution in [0.3, 0.4) is 0 Å². The van der Waals surface area contributed by atoms with Crippen molar-refractivity contribution in [2.45, 2.75) is 52.4 Å². The molecule has 4 heterocycles. The number of aryl methyl sites for hydroxylation is 3. The molecule has 4 N–H and O–H groups in total. The third-order valence-electron chi connectivity index (χ3n) is 6.32. The van der Waals surface area contributed by atoms with Crippen molar-refractivity contribution >= 4 is 17.7 Å². The van der Waals surface area contributed by atoms with E-state index in [4.69, 9.17) is 29.6 Å². The molecule has 0 amide bonds. The van der Waals surface area contributed by atoms with E-state index < -0.39 is 5.79 Å². The standard InChI is InChI=1S/C26H32N6O3/c1-5-34-22-13-18(24-16(3)30-17(4)35-24)6-7-21(22)26(27)28-14-19-12-15(2)29-25(23(19)32-26)31-20-8-10-33-11-9-20/h6-7,12-14,20,32H,5,8-11,27H2,1-4H3,(H,29,31). The number of fused-ring (bicyclic) bond motifs is 1. The van der Waals surface area contributed by atoms with Gasteiger partial charge in [0.15, 0.2) is 17.5 Å². The van der Waals surface area contributed by atoms with Crippen LogP contribution in [0.4, 0.5) is 11.5 Å². The Morgan fingerprint density at radius 2 is 1.97 bits per heavy atom. The number of anilines is 2. The highest BCUT2D eigenvalue weighted by Gasteiger charge is 2.35. The molecule has 2 aliphatic heterocycles. The zero-order valence-corrected chi connectivity index (χ0v) is 20.6. The second kappa shape index (κ2) is 9.31. The fourth-order valence-corrected chi connectivity index (χ4v) is 4.65. The third-order valence-corrected chi connectivity index (χ3v) is 6.32. The number of ether oxygens (including phenoxy) is 2. The first kappa shape index (κ1) is 23.3. The van der Waals surface area contributed by atoms with Crippen LogP contribution in [0.5, 0.6) is 5.75 Å². The second-order valence-electron chi connectivity index (χ2n) is 9.05. The van der Waals surface area contributed by atoms with Gasteiger partial charge < -0.3 is 24.5 Å². The molecule has 1 aromatic carbocycles. The summed E-state index contributed by atoms with van der Waals surface area (Å²) in [6, 6.07) is 8.12. The van der Waals surface area contributed by atoms with Gasteiger partial charge in [-0.3, -0.25) is 5.73 Å². The molecule has 0 radical (unpaired) electrons. The minimum Gasteiger partial charge on any atom is -0.493 e. The largest absolute Gasteiger partial charge is 0.493 e. The van der Waals surface area contributed by atoms with Gasteiger partial charge in [0.05, 0.1) is 23.6 Å². The topological polar surface area (TPSA) is 120 Å². The van der Waals surface area contributed by atoms with E-state index in [1.807, 2.05) is 58.2 Å². The van der Waals surface area contributed by atoms with Crippen molar-refractivity contribution in [2.75, 3.05) is 30.5 Å². The fraction of sp³-hybridized carbons (Fsp3) is 0.423. The van der Waals surface area contributed by atoms with Gasteiger partial charge in [0, 0.05) is 49.2 Å². The van der Waals surface area contributed by atoms with Gasteiger partial charge in [0.1, 0.15) is 5.75 Å². The number of rotatable bonds is 6. The highest BCUT2D eigenvalue weighted by atomic mass is 16.5. The Morgan fingerprint density at radius 3 is 2.69 bits per heavy atom. The van der Waals surface area contributed by atoms with Crippen molar-refractivity contribution < 1.29 is 13.9 Å². The molecule has 1 saturated heterocycles. The van der Waals surface area contributed by atoms with Crippen LogP contribution < -0.4 is 21.1 Å². The monoisotopic (exact) mass is 476 g/mol. The lowest BCUT2D eigenvalue weighted by molar-refractivity contribution is 0.0904. The van der Waals surface area contributed by atoms with Crippen LogP contribution in [-0.4, -0.2) is 42.0 Å². The van der Waals surface area contributed by atoms with E-state index in [2.05, 4.69) is 15.6 Å². The minimum atomic E-state index is -1.23. The van der Waals surface area contributed by atoms with Crippen molar-refractivity contribution in [3.63, 3.8) is 0 Å². The Labute approximate surface area is 205 Å². The Kier molecular flexibility index (Phi) is 6.21. The summed E-state index contributed by atoms with van der Waals surface area (Å²) in [5.74, 6) is 1.51. The van der Waals surface area contributed by atoms with Gasteiger partial charge in [-0.2, -0.15) is 0 Å². The second-order valence-corrected chi connectivity index (χ2v) is 9.05. The van der Waals surface area contributed by atoms with Gasteiger partial charge in [0.25, 0.3) is 0 Å². The van der Waals surface area contributed by atoms with Crippen molar-refractivity contribution in [1.29, 1.82) is 0 Å². The van der Waals surface area contributed by atoms with Gasteiger partial charge in [-0.1, -0.05) is 6.07 Å². The number of nitrogens with one attached hydrogen (secondary N) is 2. The first-order chi connectivity index (χ1) is 16.9. The maximum atomic E-state index is 6.89. The number of nitrogens with zero attached hydrogens (tertiary/aromatic N) is 3. The van der Waals surface area contributed by atoms with Crippen molar-refractivity contribution in [3.8, 4) is 17.1 Å². The minimum absolute atomic E-state index is 0.293. The molecule has 1 fully saturated rings. The van der Waals surface area contributed by atoms with Crippen LogP contribution >= 0.6 is 0 Å². The van der Waals surface area contributed by atoms with Crippen molar-refractivity contribution in [3.05, 3.63) is 52.7 Å². The summed E-state index contributed by atoms with van der Waals surface area (Å²) >= 11 is 0. The summed E-state index contributed by atoms with van der Waals surface area (Å²) in [5.41, 5.74) is 12.0. The molecular weight excluding hydrogens is 444 g/mol. The summed E-state index contributed by atoms with van der Waals surface area (Å²) < 4.78 is 17.4. The van der Waals surface area contributed by atoms with E-state index in [-0.39, 0.29) is 0 Å². The van der Waals surface area contributed by atoms with Crippen LogP contribution in [0.25, 0.3) is 11.3 Å². The zero-order chi connectivity index (χ0) is 24.6. The fourth-order valence-electron chi connectivity index (χ4n) is 4.65.